The van der Waals surface area contributed by atoms with Gasteiger partial charge in [-0.1, -0.05) is 31.0 Å². The lowest BCUT2D eigenvalue weighted by molar-refractivity contribution is 0.0985. The first-order valence-corrected chi connectivity index (χ1v) is 9.64. The number of hydrogen-bond donors (Lipinski definition) is 0. The second-order valence-electron chi connectivity index (χ2n) is 7.80. The Morgan fingerprint density at radius 1 is 1.11 bits per heavy atom. The second-order valence-corrected chi connectivity index (χ2v) is 7.80. The quantitative estimate of drug-likeness (QED) is 0.677. The molecule has 5 nitrogen and oxygen atoms in total. The highest BCUT2D eigenvalue weighted by Crippen LogP contribution is 2.51. The summed E-state index contributed by atoms with van der Waals surface area (Å²) in [7, 11) is 1.83. The summed E-state index contributed by atoms with van der Waals surface area (Å²) in [6.07, 6.45) is 5.56. The smallest absolute Gasteiger partial charge is 0.258 e. The van der Waals surface area contributed by atoms with E-state index in [1.54, 1.807) is 15.6 Å². The highest BCUT2D eigenvalue weighted by atomic mass is 19.1. The summed E-state index contributed by atoms with van der Waals surface area (Å²) in [5, 5.41) is 4.08. The van der Waals surface area contributed by atoms with Crippen molar-refractivity contribution in [2.24, 2.45) is 7.05 Å². The molecule has 1 aromatic heterocycles. The number of halogens is 1. The van der Waals surface area contributed by atoms with Gasteiger partial charge in [-0.05, 0) is 37.1 Å². The largest absolute Gasteiger partial charge is 0.307 e. The Balaban J connectivity index is 1.49. The number of aryl methyl sites for hydroxylation is 1. The molecule has 0 bridgehead atoms. The number of hydrogen-bond acceptors (Lipinski definition) is 3. The molecule has 28 heavy (non-hydrogen) atoms. The van der Waals surface area contributed by atoms with Crippen molar-refractivity contribution in [2.45, 2.75) is 31.1 Å². The molecule has 1 fully saturated rings. The molecule has 142 valence electrons. The van der Waals surface area contributed by atoms with Crippen LogP contribution >= 0.6 is 0 Å². The SMILES string of the molecule is Cn1ncnc1-c1ccc(C(=O)N2CC3(CCCC3)c3c(F)cccc32)cc1. The standard InChI is InChI=1S/C22H21FN4O/c1-26-20(24-14-25-26)15-7-9-16(10-8-15)21(28)27-13-22(11-2-3-12-22)19-17(23)5-4-6-18(19)27/h4-10,14H,2-3,11-13H2,1H3. The van der Waals surface area contributed by atoms with Gasteiger partial charge in [0.2, 0.25) is 0 Å². The maximum Gasteiger partial charge on any atom is 0.258 e. The molecule has 6 heteroatoms. The van der Waals surface area contributed by atoms with Crippen LogP contribution in [0.3, 0.4) is 0 Å². The Morgan fingerprint density at radius 3 is 2.54 bits per heavy atom. The molecule has 0 atom stereocenters. The Labute approximate surface area is 162 Å². The zero-order chi connectivity index (χ0) is 19.3. The maximum absolute atomic E-state index is 14.7. The van der Waals surface area contributed by atoms with Gasteiger partial charge in [-0.2, -0.15) is 5.10 Å². The number of carbonyl (C=O) groups excluding carboxylic acids is 1. The summed E-state index contributed by atoms with van der Waals surface area (Å²) in [6, 6.07) is 12.5. The molecule has 1 amide bonds. The lowest BCUT2D eigenvalue weighted by Crippen LogP contribution is -2.35. The number of nitrogens with zero attached hydrogens (tertiary/aromatic N) is 4. The minimum absolute atomic E-state index is 0.0832. The van der Waals surface area contributed by atoms with E-state index in [0.29, 0.717) is 12.1 Å². The van der Waals surface area contributed by atoms with Crippen molar-refractivity contribution in [1.29, 1.82) is 0 Å². The zero-order valence-electron chi connectivity index (χ0n) is 15.7. The summed E-state index contributed by atoms with van der Waals surface area (Å²) in [4.78, 5) is 19.3. The fraction of sp³-hybridized carbons (Fsp3) is 0.318. The van der Waals surface area contributed by atoms with Crippen LogP contribution in [0.4, 0.5) is 10.1 Å². The molecule has 1 aliphatic heterocycles. The zero-order valence-corrected chi connectivity index (χ0v) is 15.7. The van der Waals surface area contributed by atoms with Crippen LogP contribution in [0, 0.1) is 5.82 Å². The molecule has 0 radical (unpaired) electrons. The van der Waals surface area contributed by atoms with Crippen LogP contribution in [0.5, 0.6) is 0 Å². The van der Waals surface area contributed by atoms with Gasteiger partial charge in [0.25, 0.3) is 5.91 Å². The van der Waals surface area contributed by atoms with Gasteiger partial charge < -0.3 is 4.90 Å². The summed E-state index contributed by atoms with van der Waals surface area (Å²) < 4.78 is 16.4. The Bertz CT molecular complexity index is 1050. The molecule has 5 rings (SSSR count). The predicted molar refractivity (Wildman–Crippen MR) is 105 cm³/mol. The molecule has 2 aromatic carbocycles. The van der Waals surface area contributed by atoms with Gasteiger partial charge in [-0.15, -0.1) is 0 Å². The van der Waals surface area contributed by atoms with Gasteiger partial charge >= 0.3 is 0 Å². The van der Waals surface area contributed by atoms with E-state index in [1.807, 2.05) is 37.4 Å². The van der Waals surface area contributed by atoms with Crippen LogP contribution in [-0.4, -0.2) is 27.2 Å². The van der Waals surface area contributed by atoms with Crippen molar-refractivity contribution >= 4 is 11.6 Å². The Hall–Kier alpha value is -3.02. The lowest BCUT2D eigenvalue weighted by Gasteiger charge is -2.25. The van der Waals surface area contributed by atoms with Crippen LogP contribution in [-0.2, 0) is 12.5 Å². The van der Waals surface area contributed by atoms with Crippen molar-refractivity contribution in [2.75, 3.05) is 11.4 Å². The minimum atomic E-state index is -0.227. The first kappa shape index (κ1) is 17.1. The molecular weight excluding hydrogens is 355 g/mol. The minimum Gasteiger partial charge on any atom is -0.307 e. The highest BCUT2D eigenvalue weighted by Gasteiger charge is 2.48. The molecule has 0 saturated heterocycles. The van der Waals surface area contributed by atoms with E-state index in [-0.39, 0.29) is 17.1 Å². The number of aromatic nitrogens is 3. The van der Waals surface area contributed by atoms with E-state index in [4.69, 9.17) is 0 Å². The van der Waals surface area contributed by atoms with Crippen molar-refractivity contribution in [3.8, 4) is 11.4 Å². The molecule has 0 unspecified atom stereocenters. The normalized spacial score (nSPS) is 17.3. The summed E-state index contributed by atoms with van der Waals surface area (Å²) in [5.74, 6) is 0.477. The number of fused-ring (bicyclic) bond motifs is 2. The van der Waals surface area contributed by atoms with Gasteiger partial charge in [0.1, 0.15) is 12.1 Å². The summed E-state index contributed by atoms with van der Waals surface area (Å²) in [5.41, 5.74) is 2.73. The average molecular weight is 376 g/mol. The van der Waals surface area contributed by atoms with Crippen LogP contribution in [0.15, 0.2) is 48.8 Å². The van der Waals surface area contributed by atoms with E-state index in [9.17, 15) is 9.18 Å². The topological polar surface area (TPSA) is 51.0 Å². The molecular formula is C22H21FN4O. The van der Waals surface area contributed by atoms with E-state index < -0.39 is 0 Å². The van der Waals surface area contributed by atoms with E-state index in [1.165, 1.54) is 12.4 Å². The third kappa shape index (κ3) is 2.47. The number of rotatable bonds is 2. The van der Waals surface area contributed by atoms with Crippen LogP contribution in [0.1, 0.15) is 41.6 Å². The number of anilines is 1. The molecule has 3 aromatic rings. The number of carbonyl (C=O) groups is 1. The van der Waals surface area contributed by atoms with Gasteiger partial charge in [0.15, 0.2) is 5.82 Å². The van der Waals surface area contributed by atoms with E-state index in [2.05, 4.69) is 10.1 Å². The molecule has 2 aliphatic rings. The number of benzene rings is 2. The summed E-state index contributed by atoms with van der Waals surface area (Å²) >= 11 is 0. The highest BCUT2D eigenvalue weighted by molar-refractivity contribution is 6.08. The predicted octanol–water partition coefficient (Wildman–Crippen LogP) is 4.09. The Kier molecular flexibility index (Phi) is 3.82. The third-order valence-electron chi connectivity index (χ3n) is 6.18. The Morgan fingerprint density at radius 2 is 1.86 bits per heavy atom. The molecule has 2 heterocycles. The fourth-order valence-corrected chi connectivity index (χ4v) is 4.85. The average Bonchev–Trinajstić information content (AvgIpc) is 3.42. The van der Waals surface area contributed by atoms with E-state index >= 15 is 0 Å². The van der Waals surface area contributed by atoms with Gasteiger partial charge in [0, 0.05) is 35.7 Å². The maximum atomic E-state index is 14.7. The van der Waals surface area contributed by atoms with Crippen molar-refractivity contribution in [3.63, 3.8) is 0 Å². The van der Waals surface area contributed by atoms with Crippen LogP contribution in [0.25, 0.3) is 11.4 Å². The molecule has 0 N–H and O–H groups in total. The third-order valence-corrected chi connectivity index (χ3v) is 6.18. The van der Waals surface area contributed by atoms with Gasteiger partial charge in [0.05, 0.1) is 5.69 Å². The number of amides is 1. The van der Waals surface area contributed by atoms with Crippen molar-refractivity contribution < 1.29 is 9.18 Å². The summed E-state index contributed by atoms with van der Waals surface area (Å²) in [6.45, 7) is 0.563. The second kappa shape index (κ2) is 6.26. The first-order valence-electron chi connectivity index (χ1n) is 9.64. The van der Waals surface area contributed by atoms with Crippen LogP contribution in [0.2, 0.25) is 0 Å². The van der Waals surface area contributed by atoms with Crippen LogP contribution < -0.4 is 4.90 Å². The first-order chi connectivity index (χ1) is 13.6. The molecule has 1 spiro atoms. The van der Waals surface area contributed by atoms with E-state index in [0.717, 1.165) is 48.3 Å². The fourth-order valence-electron chi connectivity index (χ4n) is 4.85. The monoisotopic (exact) mass is 376 g/mol. The van der Waals surface area contributed by atoms with Gasteiger partial charge in [-0.25, -0.2) is 14.1 Å². The van der Waals surface area contributed by atoms with Crippen molar-refractivity contribution in [1.82, 2.24) is 14.8 Å². The lowest BCUT2D eigenvalue weighted by atomic mass is 9.80. The van der Waals surface area contributed by atoms with Gasteiger partial charge in [-0.3, -0.25) is 4.79 Å². The molecule has 1 aliphatic carbocycles. The van der Waals surface area contributed by atoms with Crippen molar-refractivity contribution in [3.05, 3.63) is 65.7 Å². The molecule has 1 saturated carbocycles.